The molecule has 1 N–H and O–H groups in total. The molecule has 0 saturated heterocycles. The molecule has 1 aliphatic heterocycles. The molecule has 2 heterocycles. The minimum absolute atomic E-state index is 0.119. The summed E-state index contributed by atoms with van der Waals surface area (Å²) in [5, 5.41) is 12.9. The number of hydrogen-bond acceptors (Lipinski definition) is 3. The van der Waals surface area contributed by atoms with E-state index in [0.717, 1.165) is 25.3 Å². The third-order valence-corrected chi connectivity index (χ3v) is 5.46. The monoisotopic (exact) mass is 362 g/mol. The first-order chi connectivity index (χ1) is 12.9. The number of benzene rings is 2. The highest BCUT2D eigenvalue weighted by molar-refractivity contribution is 5.29. The molecule has 1 aliphatic rings. The lowest BCUT2D eigenvalue weighted by Crippen LogP contribution is -3.12. The first-order valence-electron chi connectivity index (χ1n) is 9.70. The largest absolute Gasteiger partial charge is 0.318 e. The maximum Gasteiger partial charge on any atom is 0.214 e. The van der Waals surface area contributed by atoms with E-state index in [9.17, 15) is 0 Å². The van der Waals surface area contributed by atoms with Crippen molar-refractivity contribution in [2.24, 2.45) is 0 Å². The van der Waals surface area contributed by atoms with Crippen LogP contribution in [0.1, 0.15) is 54.9 Å². The summed E-state index contributed by atoms with van der Waals surface area (Å²) >= 11 is 0. The Balaban J connectivity index is 1.78. The van der Waals surface area contributed by atoms with Gasteiger partial charge in [-0.05, 0) is 43.7 Å². The molecular weight excluding hydrogens is 334 g/mol. The maximum atomic E-state index is 4.49. The SMILES string of the molecule is Cc1ccc([C@@H](c2nnnn2C(C)(C)C)[NH+]2CCc3ccccc3C2)cc1. The Morgan fingerprint density at radius 1 is 1.00 bits per heavy atom. The second-order valence-electron chi connectivity index (χ2n) is 8.57. The molecule has 27 heavy (non-hydrogen) atoms. The number of aryl methyl sites for hydroxylation is 1. The van der Waals surface area contributed by atoms with E-state index in [2.05, 4.69) is 91.8 Å². The van der Waals surface area contributed by atoms with E-state index in [4.69, 9.17) is 0 Å². The second kappa shape index (κ2) is 6.89. The quantitative estimate of drug-likeness (QED) is 0.779. The number of rotatable bonds is 3. The second-order valence-corrected chi connectivity index (χ2v) is 8.57. The van der Waals surface area contributed by atoms with Crippen LogP contribution in [-0.4, -0.2) is 26.8 Å². The van der Waals surface area contributed by atoms with Crippen LogP contribution in [0.25, 0.3) is 0 Å². The van der Waals surface area contributed by atoms with Gasteiger partial charge in [-0.15, -0.1) is 5.10 Å². The summed E-state index contributed by atoms with van der Waals surface area (Å²) in [5.74, 6) is 0.945. The molecule has 2 aromatic carbocycles. The topological polar surface area (TPSA) is 48.0 Å². The zero-order chi connectivity index (χ0) is 19.0. The van der Waals surface area contributed by atoms with E-state index in [1.165, 1.54) is 27.2 Å². The molecular formula is C22H28N5+. The molecule has 0 saturated carbocycles. The summed E-state index contributed by atoms with van der Waals surface area (Å²) in [6.45, 7) is 10.7. The van der Waals surface area contributed by atoms with Crippen molar-refractivity contribution in [3.05, 3.63) is 76.6 Å². The molecule has 5 heteroatoms. The standard InChI is InChI=1S/C22H27N5/c1-16-9-11-18(12-10-16)20(21-23-24-25-27(21)22(2,3)4)26-14-13-17-7-5-6-8-19(17)15-26/h5-12,20H,13-15H2,1-4H3/p+1/t20-/m0/s1. The first kappa shape index (κ1) is 17.9. The Labute approximate surface area is 161 Å². The van der Waals surface area contributed by atoms with Crippen molar-refractivity contribution >= 4 is 0 Å². The van der Waals surface area contributed by atoms with Crippen LogP contribution in [-0.2, 0) is 18.5 Å². The fourth-order valence-corrected chi connectivity index (χ4v) is 4.03. The molecule has 0 spiro atoms. The zero-order valence-corrected chi connectivity index (χ0v) is 16.6. The normalized spacial score (nSPS) is 18.1. The van der Waals surface area contributed by atoms with Crippen molar-refractivity contribution in [3.63, 3.8) is 0 Å². The summed E-state index contributed by atoms with van der Waals surface area (Å²) in [6, 6.07) is 17.7. The molecule has 0 bridgehead atoms. The average Bonchev–Trinajstić information content (AvgIpc) is 3.13. The summed E-state index contributed by atoms with van der Waals surface area (Å²) in [7, 11) is 0. The lowest BCUT2D eigenvalue weighted by molar-refractivity contribution is -0.941. The maximum absolute atomic E-state index is 4.49. The minimum Gasteiger partial charge on any atom is -0.318 e. The van der Waals surface area contributed by atoms with Crippen molar-refractivity contribution in [2.45, 2.75) is 52.2 Å². The van der Waals surface area contributed by atoms with Gasteiger partial charge in [-0.2, -0.15) is 0 Å². The fraction of sp³-hybridized carbons (Fsp3) is 0.409. The predicted octanol–water partition coefficient (Wildman–Crippen LogP) is 2.47. The van der Waals surface area contributed by atoms with E-state index >= 15 is 0 Å². The molecule has 0 fully saturated rings. The van der Waals surface area contributed by atoms with Gasteiger partial charge in [0.15, 0.2) is 6.04 Å². The zero-order valence-electron chi connectivity index (χ0n) is 16.6. The van der Waals surface area contributed by atoms with Gasteiger partial charge in [-0.1, -0.05) is 54.1 Å². The third-order valence-electron chi connectivity index (χ3n) is 5.46. The lowest BCUT2D eigenvalue weighted by atomic mass is 9.95. The molecule has 2 atom stereocenters. The number of aromatic nitrogens is 4. The van der Waals surface area contributed by atoms with Crippen LogP contribution in [0, 0.1) is 6.92 Å². The fourth-order valence-electron chi connectivity index (χ4n) is 4.03. The van der Waals surface area contributed by atoms with Gasteiger partial charge in [-0.3, -0.25) is 0 Å². The summed E-state index contributed by atoms with van der Waals surface area (Å²) in [4.78, 5) is 1.50. The lowest BCUT2D eigenvalue weighted by Gasteiger charge is -2.33. The highest BCUT2D eigenvalue weighted by Gasteiger charge is 2.36. The molecule has 0 aliphatic carbocycles. The van der Waals surface area contributed by atoms with Gasteiger partial charge in [-0.25, -0.2) is 4.68 Å². The Bertz CT molecular complexity index is 920. The van der Waals surface area contributed by atoms with Crippen molar-refractivity contribution in [3.8, 4) is 0 Å². The van der Waals surface area contributed by atoms with Gasteiger partial charge >= 0.3 is 0 Å². The molecule has 1 unspecified atom stereocenters. The van der Waals surface area contributed by atoms with Gasteiger partial charge in [0.1, 0.15) is 6.54 Å². The first-order valence-corrected chi connectivity index (χ1v) is 9.70. The molecule has 140 valence electrons. The number of nitrogens with zero attached hydrogens (tertiary/aromatic N) is 4. The van der Waals surface area contributed by atoms with Crippen LogP contribution < -0.4 is 4.90 Å². The van der Waals surface area contributed by atoms with Crippen molar-refractivity contribution in [1.82, 2.24) is 20.2 Å². The number of nitrogens with one attached hydrogen (secondary N) is 1. The predicted molar refractivity (Wildman–Crippen MR) is 106 cm³/mol. The van der Waals surface area contributed by atoms with E-state index in [-0.39, 0.29) is 11.6 Å². The van der Waals surface area contributed by atoms with E-state index in [1.807, 2.05) is 4.68 Å². The Kier molecular flexibility index (Phi) is 4.56. The molecule has 4 rings (SSSR count). The number of hydrogen-bond donors (Lipinski definition) is 1. The average molecular weight is 363 g/mol. The number of quaternary nitrogens is 1. The van der Waals surface area contributed by atoms with E-state index in [1.54, 1.807) is 0 Å². The Morgan fingerprint density at radius 2 is 1.70 bits per heavy atom. The summed E-state index contributed by atoms with van der Waals surface area (Å²) in [5.41, 5.74) is 5.29. The summed E-state index contributed by atoms with van der Waals surface area (Å²) < 4.78 is 1.99. The summed E-state index contributed by atoms with van der Waals surface area (Å²) in [6.07, 6.45) is 1.09. The highest BCUT2D eigenvalue weighted by Crippen LogP contribution is 2.24. The van der Waals surface area contributed by atoms with Crippen LogP contribution in [0.5, 0.6) is 0 Å². The van der Waals surface area contributed by atoms with Crippen molar-refractivity contribution in [1.29, 1.82) is 0 Å². The Morgan fingerprint density at radius 3 is 2.41 bits per heavy atom. The molecule has 5 nitrogen and oxygen atoms in total. The third kappa shape index (κ3) is 3.52. The van der Waals surface area contributed by atoms with Crippen molar-refractivity contribution in [2.75, 3.05) is 6.54 Å². The van der Waals surface area contributed by atoms with Gasteiger partial charge in [0.05, 0.1) is 12.1 Å². The van der Waals surface area contributed by atoms with Crippen LogP contribution in [0.4, 0.5) is 0 Å². The van der Waals surface area contributed by atoms with Gasteiger partial charge in [0.25, 0.3) is 0 Å². The van der Waals surface area contributed by atoms with Gasteiger partial charge < -0.3 is 4.90 Å². The molecule has 1 aromatic heterocycles. The highest BCUT2D eigenvalue weighted by atomic mass is 15.6. The number of fused-ring (bicyclic) bond motifs is 1. The van der Waals surface area contributed by atoms with E-state index in [0.29, 0.717) is 0 Å². The van der Waals surface area contributed by atoms with Crippen molar-refractivity contribution < 1.29 is 4.90 Å². The van der Waals surface area contributed by atoms with Gasteiger partial charge in [0.2, 0.25) is 5.82 Å². The number of tetrazole rings is 1. The smallest absolute Gasteiger partial charge is 0.214 e. The van der Waals surface area contributed by atoms with Gasteiger partial charge in [0, 0.05) is 17.5 Å². The van der Waals surface area contributed by atoms with Crippen LogP contribution in [0.3, 0.4) is 0 Å². The van der Waals surface area contributed by atoms with Crippen LogP contribution in [0.15, 0.2) is 48.5 Å². The molecule has 3 aromatic rings. The van der Waals surface area contributed by atoms with E-state index < -0.39 is 0 Å². The van der Waals surface area contributed by atoms with Crippen LogP contribution >= 0.6 is 0 Å². The molecule has 0 radical (unpaired) electrons. The minimum atomic E-state index is -0.158. The van der Waals surface area contributed by atoms with Crippen LogP contribution in [0.2, 0.25) is 0 Å². The molecule has 0 amide bonds. The Hall–Kier alpha value is -2.53.